The van der Waals surface area contributed by atoms with Crippen LogP contribution in [0.15, 0.2) is 41.3 Å². The zero-order valence-corrected chi connectivity index (χ0v) is 11.9. The molecule has 0 N–H and O–H groups in total. The van der Waals surface area contributed by atoms with E-state index < -0.39 is 15.9 Å². The molecule has 0 spiro atoms. The lowest BCUT2D eigenvalue weighted by Crippen LogP contribution is -2.29. The lowest BCUT2D eigenvalue weighted by Gasteiger charge is -2.13. The van der Waals surface area contributed by atoms with Gasteiger partial charge >= 0.3 is 0 Å². The molecule has 1 aromatic carbocycles. The summed E-state index contributed by atoms with van der Waals surface area (Å²) in [6.45, 7) is 0.0211. The van der Waals surface area contributed by atoms with Crippen LogP contribution < -0.4 is 0 Å². The third-order valence-electron chi connectivity index (χ3n) is 2.84. The Morgan fingerprint density at radius 2 is 1.89 bits per heavy atom. The molecule has 0 unspecified atom stereocenters. The van der Waals surface area contributed by atoms with E-state index in [1.54, 1.807) is 24.3 Å². The van der Waals surface area contributed by atoms with Crippen LogP contribution in [0.3, 0.4) is 0 Å². The minimum Gasteiger partial charge on any atom is -0.268 e. The normalized spacial score (nSPS) is 16.7. The molecule has 0 aliphatic carbocycles. The average molecular weight is 314 g/mol. The first kappa shape index (κ1) is 12.7. The predicted molar refractivity (Wildman–Crippen MR) is 72.8 cm³/mol. The molecule has 4 nitrogen and oxygen atoms in total. The second-order valence-corrected chi connectivity index (χ2v) is 7.65. The van der Waals surface area contributed by atoms with E-state index in [0.29, 0.717) is 4.34 Å². The molecule has 1 amide bonds. The Hall–Kier alpha value is -1.37. The number of hydrogen-bond donors (Lipinski definition) is 0. The van der Waals surface area contributed by atoms with Crippen LogP contribution in [0.2, 0.25) is 4.34 Å². The fourth-order valence-electron chi connectivity index (χ4n) is 1.97. The van der Waals surface area contributed by atoms with Gasteiger partial charge in [-0.1, -0.05) is 23.7 Å². The molecule has 19 heavy (non-hydrogen) atoms. The molecule has 1 aliphatic rings. The molecular weight excluding hydrogens is 306 g/mol. The minimum absolute atomic E-state index is 0.0211. The van der Waals surface area contributed by atoms with Crippen molar-refractivity contribution < 1.29 is 13.2 Å². The van der Waals surface area contributed by atoms with Crippen LogP contribution in [0.5, 0.6) is 0 Å². The number of hydrogen-bond acceptors (Lipinski definition) is 4. The van der Waals surface area contributed by atoms with Crippen molar-refractivity contribution in [1.82, 2.24) is 4.31 Å². The number of fused-ring (bicyclic) bond motifs is 1. The van der Waals surface area contributed by atoms with E-state index in [2.05, 4.69) is 0 Å². The van der Waals surface area contributed by atoms with Gasteiger partial charge in [-0.05, 0) is 24.3 Å². The second-order valence-electron chi connectivity index (χ2n) is 4.02. The van der Waals surface area contributed by atoms with Crippen LogP contribution >= 0.6 is 22.9 Å². The number of rotatable bonds is 2. The van der Waals surface area contributed by atoms with Crippen molar-refractivity contribution in [3.05, 3.63) is 51.2 Å². The summed E-state index contributed by atoms with van der Waals surface area (Å²) in [6, 6.07) is 9.63. The van der Waals surface area contributed by atoms with Crippen molar-refractivity contribution in [2.75, 3.05) is 0 Å². The maximum Gasteiger partial charge on any atom is 0.269 e. The lowest BCUT2D eigenvalue weighted by atomic mass is 10.2. The first-order valence-corrected chi connectivity index (χ1v) is 8.04. The molecule has 7 heteroatoms. The Morgan fingerprint density at radius 3 is 2.53 bits per heavy atom. The Labute approximate surface area is 119 Å². The largest absolute Gasteiger partial charge is 0.269 e. The maximum atomic E-state index is 12.3. The topological polar surface area (TPSA) is 54.5 Å². The van der Waals surface area contributed by atoms with Crippen LogP contribution in [-0.2, 0) is 16.6 Å². The molecule has 2 heterocycles. The van der Waals surface area contributed by atoms with Crippen LogP contribution in [0.25, 0.3) is 0 Å². The number of carbonyl (C=O) groups is 1. The van der Waals surface area contributed by atoms with Crippen molar-refractivity contribution in [3.8, 4) is 0 Å². The van der Waals surface area contributed by atoms with Gasteiger partial charge in [-0.2, -0.15) is 0 Å². The molecule has 1 aromatic heterocycles. The molecule has 98 valence electrons. The van der Waals surface area contributed by atoms with Crippen molar-refractivity contribution in [3.63, 3.8) is 0 Å². The summed E-state index contributed by atoms with van der Waals surface area (Å²) < 4.78 is 26.0. The highest BCUT2D eigenvalue weighted by molar-refractivity contribution is 7.90. The number of amides is 1. The monoisotopic (exact) mass is 313 g/mol. The first-order valence-electron chi connectivity index (χ1n) is 5.40. The van der Waals surface area contributed by atoms with Crippen LogP contribution in [0.1, 0.15) is 15.2 Å². The fourth-order valence-corrected chi connectivity index (χ4v) is 4.67. The van der Waals surface area contributed by atoms with Gasteiger partial charge in [0.2, 0.25) is 0 Å². The number of halogens is 1. The zero-order valence-electron chi connectivity index (χ0n) is 9.54. The number of nitrogens with zero attached hydrogens (tertiary/aromatic N) is 1. The van der Waals surface area contributed by atoms with Crippen molar-refractivity contribution in [2.45, 2.75) is 11.4 Å². The highest BCUT2D eigenvalue weighted by Gasteiger charge is 2.40. The smallest absolute Gasteiger partial charge is 0.268 e. The number of thiophene rings is 1. The summed E-state index contributed by atoms with van der Waals surface area (Å²) in [6.07, 6.45) is 0. The van der Waals surface area contributed by atoms with E-state index in [1.807, 2.05) is 0 Å². The van der Waals surface area contributed by atoms with Crippen LogP contribution in [-0.4, -0.2) is 18.6 Å². The Bertz CT molecular complexity index is 767. The molecule has 0 atom stereocenters. The molecule has 0 bridgehead atoms. The molecule has 0 saturated carbocycles. The number of benzene rings is 1. The molecule has 3 rings (SSSR count). The third-order valence-corrected chi connectivity index (χ3v) is 5.84. The van der Waals surface area contributed by atoms with Gasteiger partial charge in [0, 0.05) is 4.88 Å². The third kappa shape index (κ3) is 1.96. The highest BCUT2D eigenvalue weighted by Crippen LogP contribution is 2.33. The van der Waals surface area contributed by atoms with Crippen molar-refractivity contribution >= 4 is 38.9 Å². The summed E-state index contributed by atoms with van der Waals surface area (Å²) in [5.41, 5.74) is 0.227. The standard InChI is InChI=1S/C12H8ClNO3S2/c13-11-6-5-8(18-11)7-14-12(15)9-3-1-2-4-10(9)19(14,16)17/h1-6H,7H2. The lowest BCUT2D eigenvalue weighted by molar-refractivity contribution is 0.0866. The van der Waals surface area contributed by atoms with E-state index in [1.165, 1.54) is 23.5 Å². The SMILES string of the molecule is O=C1c2ccccc2S(=O)(=O)N1Cc1ccc(Cl)s1. The van der Waals surface area contributed by atoms with E-state index >= 15 is 0 Å². The second kappa shape index (κ2) is 4.33. The summed E-state index contributed by atoms with van der Waals surface area (Å²) in [5.74, 6) is -0.486. The Kier molecular flexibility index (Phi) is 2.88. The zero-order chi connectivity index (χ0) is 13.6. The van der Waals surface area contributed by atoms with Gasteiger partial charge in [0.25, 0.3) is 15.9 Å². The average Bonchev–Trinajstić information content (AvgIpc) is 2.87. The molecule has 0 fully saturated rings. The van der Waals surface area contributed by atoms with E-state index in [0.717, 1.165) is 9.18 Å². The van der Waals surface area contributed by atoms with E-state index in [9.17, 15) is 13.2 Å². The first-order chi connectivity index (χ1) is 9.00. The van der Waals surface area contributed by atoms with Crippen molar-refractivity contribution in [2.24, 2.45) is 0 Å². The Morgan fingerprint density at radius 1 is 1.16 bits per heavy atom. The molecule has 1 aliphatic heterocycles. The van der Waals surface area contributed by atoms with Gasteiger partial charge in [-0.25, -0.2) is 12.7 Å². The predicted octanol–water partition coefficient (Wildman–Crippen LogP) is 2.75. The maximum absolute atomic E-state index is 12.3. The quantitative estimate of drug-likeness (QED) is 0.856. The molecule has 2 aromatic rings. The van der Waals surface area contributed by atoms with Gasteiger partial charge in [-0.15, -0.1) is 11.3 Å². The molecular formula is C12H8ClNO3S2. The molecule has 0 saturated heterocycles. The highest BCUT2D eigenvalue weighted by atomic mass is 35.5. The van der Waals surface area contributed by atoms with Gasteiger partial charge in [-0.3, -0.25) is 4.79 Å². The van der Waals surface area contributed by atoms with Crippen LogP contribution in [0.4, 0.5) is 0 Å². The minimum atomic E-state index is -3.74. The van der Waals surface area contributed by atoms with Gasteiger partial charge in [0.15, 0.2) is 0 Å². The summed E-state index contributed by atoms with van der Waals surface area (Å²) >= 11 is 7.07. The van der Waals surface area contributed by atoms with Gasteiger partial charge in [0.05, 0.1) is 16.4 Å². The Balaban J connectivity index is 2.03. The van der Waals surface area contributed by atoms with Crippen molar-refractivity contribution in [1.29, 1.82) is 0 Å². The van der Waals surface area contributed by atoms with Crippen LogP contribution in [0, 0.1) is 0 Å². The molecule has 0 radical (unpaired) electrons. The van der Waals surface area contributed by atoms with Gasteiger partial charge < -0.3 is 0 Å². The number of carbonyl (C=O) groups excluding carboxylic acids is 1. The number of sulfonamides is 1. The fraction of sp³-hybridized carbons (Fsp3) is 0.0833. The summed E-state index contributed by atoms with van der Waals surface area (Å²) in [4.78, 5) is 12.9. The van der Waals surface area contributed by atoms with Gasteiger partial charge in [0.1, 0.15) is 4.90 Å². The summed E-state index contributed by atoms with van der Waals surface area (Å²) in [7, 11) is -3.74. The van der Waals surface area contributed by atoms with E-state index in [4.69, 9.17) is 11.6 Å². The summed E-state index contributed by atoms with van der Waals surface area (Å²) in [5, 5.41) is 0. The van der Waals surface area contributed by atoms with E-state index in [-0.39, 0.29) is 17.0 Å².